The van der Waals surface area contributed by atoms with Crippen LogP contribution in [0.4, 0.5) is 0 Å². The summed E-state index contributed by atoms with van der Waals surface area (Å²) in [6.45, 7) is 2.47. The highest BCUT2D eigenvalue weighted by molar-refractivity contribution is 5.69. The minimum atomic E-state index is -0.771. The fourth-order valence-electron chi connectivity index (χ4n) is 1.79. The topological polar surface area (TPSA) is 65.0 Å². The number of rotatable bonds is 6. The molecule has 1 aliphatic rings. The van der Waals surface area contributed by atoms with Crippen LogP contribution in [0.15, 0.2) is 18.2 Å². The third-order valence-corrected chi connectivity index (χ3v) is 2.92. The van der Waals surface area contributed by atoms with Crippen LogP contribution in [0.3, 0.4) is 0 Å². The Morgan fingerprint density at radius 2 is 2.22 bits per heavy atom. The zero-order valence-corrected chi connectivity index (χ0v) is 10.2. The summed E-state index contributed by atoms with van der Waals surface area (Å²) in [5, 5.41) is 8.91. The third kappa shape index (κ3) is 2.85. The summed E-state index contributed by atoms with van der Waals surface area (Å²) in [5.74, 6) is 0.919. The molecule has 0 radical (unpaired) electrons. The SMILES string of the molecule is CCC(CCOc1ccc2c(c1)OCO2)C(=O)O. The van der Waals surface area contributed by atoms with Crippen molar-refractivity contribution in [1.29, 1.82) is 0 Å². The fourth-order valence-corrected chi connectivity index (χ4v) is 1.79. The molecule has 1 aliphatic heterocycles. The normalized spacial score (nSPS) is 14.3. The maximum Gasteiger partial charge on any atom is 0.306 e. The van der Waals surface area contributed by atoms with Crippen molar-refractivity contribution in [1.82, 2.24) is 0 Å². The van der Waals surface area contributed by atoms with Crippen molar-refractivity contribution >= 4 is 5.97 Å². The van der Waals surface area contributed by atoms with Crippen LogP contribution in [0.2, 0.25) is 0 Å². The molecule has 0 aromatic heterocycles. The van der Waals surface area contributed by atoms with E-state index >= 15 is 0 Å². The van der Waals surface area contributed by atoms with E-state index in [1.165, 1.54) is 0 Å². The van der Waals surface area contributed by atoms with Gasteiger partial charge in [-0.1, -0.05) is 6.92 Å². The van der Waals surface area contributed by atoms with Crippen molar-refractivity contribution in [2.75, 3.05) is 13.4 Å². The lowest BCUT2D eigenvalue weighted by Gasteiger charge is -2.11. The molecule has 0 bridgehead atoms. The molecule has 5 nitrogen and oxygen atoms in total. The molecule has 0 amide bonds. The van der Waals surface area contributed by atoms with Crippen LogP contribution in [0.25, 0.3) is 0 Å². The van der Waals surface area contributed by atoms with Crippen molar-refractivity contribution in [3.8, 4) is 17.2 Å². The molecule has 1 N–H and O–H groups in total. The number of hydrogen-bond acceptors (Lipinski definition) is 4. The van der Waals surface area contributed by atoms with E-state index in [2.05, 4.69) is 0 Å². The third-order valence-electron chi connectivity index (χ3n) is 2.92. The van der Waals surface area contributed by atoms with Gasteiger partial charge in [0, 0.05) is 6.07 Å². The summed E-state index contributed by atoms with van der Waals surface area (Å²) in [5.41, 5.74) is 0. The second kappa shape index (κ2) is 5.62. The van der Waals surface area contributed by atoms with Gasteiger partial charge in [-0.25, -0.2) is 0 Å². The number of carbonyl (C=O) groups is 1. The summed E-state index contributed by atoms with van der Waals surface area (Å²) >= 11 is 0. The molecule has 1 unspecified atom stereocenters. The molecular weight excluding hydrogens is 236 g/mol. The highest BCUT2D eigenvalue weighted by Crippen LogP contribution is 2.35. The predicted octanol–water partition coefficient (Wildman–Crippen LogP) is 2.29. The van der Waals surface area contributed by atoms with Crippen LogP contribution in [-0.2, 0) is 4.79 Å². The molecular formula is C13H16O5. The van der Waals surface area contributed by atoms with E-state index in [1.54, 1.807) is 18.2 Å². The molecule has 0 fully saturated rings. The zero-order chi connectivity index (χ0) is 13.0. The molecule has 1 aromatic rings. The van der Waals surface area contributed by atoms with Crippen molar-refractivity contribution in [2.45, 2.75) is 19.8 Å². The highest BCUT2D eigenvalue weighted by atomic mass is 16.7. The molecule has 1 atom stereocenters. The van der Waals surface area contributed by atoms with E-state index in [0.29, 0.717) is 36.7 Å². The molecule has 2 rings (SSSR count). The Balaban J connectivity index is 1.85. The minimum Gasteiger partial charge on any atom is -0.493 e. The van der Waals surface area contributed by atoms with Crippen LogP contribution in [-0.4, -0.2) is 24.5 Å². The first-order valence-corrected chi connectivity index (χ1v) is 5.96. The quantitative estimate of drug-likeness (QED) is 0.841. The van der Waals surface area contributed by atoms with Gasteiger partial charge in [-0.3, -0.25) is 4.79 Å². The monoisotopic (exact) mass is 252 g/mol. The smallest absolute Gasteiger partial charge is 0.306 e. The van der Waals surface area contributed by atoms with Crippen LogP contribution in [0.5, 0.6) is 17.2 Å². The predicted molar refractivity (Wildman–Crippen MR) is 64.1 cm³/mol. The van der Waals surface area contributed by atoms with E-state index in [0.717, 1.165) is 0 Å². The van der Waals surface area contributed by atoms with Gasteiger partial charge in [0.1, 0.15) is 5.75 Å². The Morgan fingerprint density at radius 3 is 2.94 bits per heavy atom. The van der Waals surface area contributed by atoms with Gasteiger partial charge in [-0.05, 0) is 25.0 Å². The van der Waals surface area contributed by atoms with Crippen molar-refractivity contribution < 1.29 is 24.1 Å². The second-order valence-corrected chi connectivity index (χ2v) is 4.10. The van der Waals surface area contributed by atoms with Gasteiger partial charge in [0.25, 0.3) is 0 Å². The number of hydrogen-bond donors (Lipinski definition) is 1. The van der Waals surface area contributed by atoms with Crippen LogP contribution in [0, 0.1) is 5.92 Å². The second-order valence-electron chi connectivity index (χ2n) is 4.10. The van der Waals surface area contributed by atoms with Gasteiger partial charge in [-0.2, -0.15) is 0 Å². The Bertz CT molecular complexity index is 429. The van der Waals surface area contributed by atoms with Crippen LogP contribution in [0.1, 0.15) is 19.8 Å². The first-order valence-electron chi connectivity index (χ1n) is 5.96. The Labute approximate surface area is 105 Å². The summed E-state index contributed by atoms with van der Waals surface area (Å²) in [4.78, 5) is 10.8. The van der Waals surface area contributed by atoms with Crippen LogP contribution < -0.4 is 14.2 Å². The number of fused-ring (bicyclic) bond motifs is 1. The summed E-state index contributed by atoms with van der Waals surface area (Å²) < 4.78 is 15.9. The van der Waals surface area contributed by atoms with Gasteiger partial charge >= 0.3 is 5.97 Å². The van der Waals surface area contributed by atoms with Gasteiger partial charge in [-0.15, -0.1) is 0 Å². The molecule has 0 aliphatic carbocycles. The largest absolute Gasteiger partial charge is 0.493 e. The van der Waals surface area contributed by atoms with Gasteiger partial charge < -0.3 is 19.3 Å². The number of carboxylic acids is 1. The van der Waals surface area contributed by atoms with Gasteiger partial charge in [0.2, 0.25) is 6.79 Å². The first-order chi connectivity index (χ1) is 8.70. The molecule has 0 spiro atoms. The van der Waals surface area contributed by atoms with E-state index < -0.39 is 5.97 Å². The Hall–Kier alpha value is -1.91. The number of ether oxygens (including phenoxy) is 3. The maximum atomic E-state index is 10.8. The van der Waals surface area contributed by atoms with Gasteiger partial charge in [0.15, 0.2) is 11.5 Å². The number of aliphatic carboxylic acids is 1. The average Bonchev–Trinajstić information content (AvgIpc) is 2.81. The zero-order valence-electron chi connectivity index (χ0n) is 10.2. The first kappa shape index (κ1) is 12.5. The molecule has 18 heavy (non-hydrogen) atoms. The standard InChI is InChI=1S/C13H16O5/c1-2-9(13(14)15)5-6-16-10-3-4-11-12(7-10)18-8-17-11/h3-4,7,9H,2,5-6,8H2,1H3,(H,14,15). The Kier molecular flexibility index (Phi) is 3.92. The average molecular weight is 252 g/mol. The van der Waals surface area contributed by atoms with E-state index in [4.69, 9.17) is 19.3 Å². The van der Waals surface area contributed by atoms with Gasteiger partial charge in [0.05, 0.1) is 12.5 Å². The Morgan fingerprint density at radius 1 is 1.44 bits per heavy atom. The lowest BCUT2D eigenvalue weighted by molar-refractivity contribution is -0.142. The summed E-state index contributed by atoms with van der Waals surface area (Å²) in [7, 11) is 0. The molecule has 1 heterocycles. The minimum absolute atomic E-state index is 0.232. The summed E-state index contributed by atoms with van der Waals surface area (Å²) in [6, 6.07) is 5.32. The number of benzene rings is 1. The maximum absolute atomic E-state index is 10.8. The van der Waals surface area contributed by atoms with Crippen molar-refractivity contribution in [2.24, 2.45) is 5.92 Å². The molecule has 5 heteroatoms. The van der Waals surface area contributed by atoms with E-state index in [1.807, 2.05) is 6.92 Å². The van der Waals surface area contributed by atoms with Crippen LogP contribution >= 0.6 is 0 Å². The number of carboxylic acid groups (broad SMARTS) is 1. The van der Waals surface area contributed by atoms with E-state index in [-0.39, 0.29) is 12.7 Å². The summed E-state index contributed by atoms with van der Waals surface area (Å²) in [6.07, 6.45) is 1.11. The molecule has 98 valence electrons. The van der Waals surface area contributed by atoms with Crippen molar-refractivity contribution in [3.05, 3.63) is 18.2 Å². The lowest BCUT2D eigenvalue weighted by Crippen LogP contribution is -2.15. The van der Waals surface area contributed by atoms with E-state index in [9.17, 15) is 4.79 Å². The fraction of sp³-hybridized carbons (Fsp3) is 0.462. The van der Waals surface area contributed by atoms with Crippen molar-refractivity contribution in [3.63, 3.8) is 0 Å². The molecule has 0 saturated carbocycles. The molecule has 1 aromatic carbocycles. The lowest BCUT2D eigenvalue weighted by atomic mass is 10.0. The highest BCUT2D eigenvalue weighted by Gasteiger charge is 2.16. The molecule has 0 saturated heterocycles.